The number of guanidine groups is 1. The molecule has 1 aromatic carbocycles. The van der Waals surface area contributed by atoms with E-state index in [1.54, 1.807) is 0 Å². The summed E-state index contributed by atoms with van der Waals surface area (Å²) in [7, 11) is 1.83. The third-order valence-corrected chi connectivity index (χ3v) is 4.40. The quantitative estimate of drug-likeness (QED) is 0.601. The van der Waals surface area contributed by atoms with E-state index in [1.165, 1.54) is 24.0 Å². The average molecular weight is 303 g/mol. The molecule has 0 spiro atoms. The predicted octanol–water partition coefficient (Wildman–Crippen LogP) is 2.77. The highest BCUT2D eigenvalue weighted by Gasteiger charge is 2.11. The average Bonchev–Trinajstić information content (AvgIpc) is 3.01. The highest BCUT2D eigenvalue weighted by Crippen LogP contribution is 2.25. The van der Waals surface area contributed by atoms with Gasteiger partial charge in [0.1, 0.15) is 5.75 Å². The molecule has 4 heteroatoms. The fourth-order valence-corrected chi connectivity index (χ4v) is 2.76. The molecular formula is C18H29N3O. The molecule has 122 valence electrons. The third kappa shape index (κ3) is 4.65. The van der Waals surface area contributed by atoms with Crippen LogP contribution in [0, 0.1) is 5.92 Å². The van der Waals surface area contributed by atoms with E-state index in [0.29, 0.717) is 0 Å². The number of hydrogen-bond donors (Lipinski definition) is 2. The van der Waals surface area contributed by atoms with Crippen LogP contribution in [0.15, 0.2) is 23.2 Å². The molecule has 2 rings (SSSR count). The van der Waals surface area contributed by atoms with Crippen LogP contribution in [0.1, 0.15) is 37.8 Å². The first-order valence-corrected chi connectivity index (χ1v) is 8.45. The number of aliphatic imine (C=N–C) groups is 1. The summed E-state index contributed by atoms with van der Waals surface area (Å²) in [5.41, 5.74) is 2.70. The van der Waals surface area contributed by atoms with E-state index in [1.807, 2.05) is 7.05 Å². The van der Waals surface area contributed by atoms with E-state index in [2.05, 4.69) is 47.7 Å². The molecule has 0 bridgehead atoms. The molecule has 1 heterocycles. The Balaban J connectivity index is 1.74. The van der Waals surface area contributed by atoms with Crippen molar-refractivity contribution >= 4 is 5.96 Å². The fourth-order valence-electron chi connectivity index (χ4n) is 2.76. The number of hydrogen-bond acceptors (Lipinski definition) is 2. The van der Waals surface area contributed by atoms with Crippen LogP contribution in [-0.4, -0.2) is 32.7 Å². The molecule has 0 radical (unpaired) electrons. The monoisotopic (exact) mass is 303 g/mol. The van der Waals surface area contributed by atoms with Crippen LogP contribution >= 0.6 is 0 Å². The van der Waals surface area contributed by atoms with Gasteiger partial charge in [0.05, 0.1) is 6.61 Å². The summed E-state index contributed by atoms with van der Waals surface area (Å²) in [4.78, 5) is 4.29. The Morgan fingerprint density at radius 3 is 2.82 bits per heavy atom. The Morgan fingerprint density at radius 1 is 1.27 bits per heavy atom. The van der Waals surface area contributed by atoms with Gasteiger partial charge in [-0.05, 0) is 29.5 Å². The van der Waals surface area contributed by atoms with E-state index in [-0.39, 0.29) is 0 Å². The van der Waals surface area contributed by atoms with Gasteiger partial charge < -0.3 is 15.4 Å². The molecule has 0 aromatic heterocycles. The fraction of sp³-hybridized carbons (Fsp3) is 0.611. The minimum absolute atomic E-state index is 0.718. The number of rotatable bonds is 7. The number of nitrogens with zero attached hydrogens (tertiary/aromatic N) is 1. The summed E-state index contributed by atoms with van der Waals surface area (Å²) in [5, 5.41) is 6.81. The van der Waals surface area contributed by atoms with Gasteiger partial charge in [0.25, 0.3) is 0 Å². The molecule has 0 unspecified atom stereocenters. The Bertz CT molecular complexity index is 495. The molecule has 0 aliphatic carbocycles. The van der Waals surface area contributed by atoms with Crippen molar-refractivity contribution in [1.82, 2.24) is 10.6 Å². The summed E-state index contributed by atoms with van der Waals surface area (Å²) in [6, 6.07) is 6.52. The van der Waals surface area contributed by atoms with Crippen LogP contribution in [-0.2, 0) is 12.8 Å². The van der Waals surface area contributed by atoms with Gasteiger partial charge in [-0.2, -0.15) is 0 Å². The lowest BCUT2D eigenvalue weighted by atomic mass is 10.0. The highest BCUT2D eigenvalue weighted by molar-refractivity contribution is 5.79. The summed E-state index contributed by atoms with van der Waals surface area (Å²) in [5.74, 6) is 2.67. The number of nitrogens with one attached hydrogen (secondary N) is 2. The van der Waals surface area contributed by atoms with Crippen molar-refractivity contribution < 1.29 is 4.74 Å². The minimum atomic E-state index is 0.718. The molecule has 1 aliphatic rings. The number of benzene rings is 1. The van der Waals surface area contributed by atoms with Crippen LogP contribution in [0.5, 0.6) is 5.75 Å². The maximum absolute atomic E-state index is 5.54. The van der Waals surface area contributed by atoms with Crippen LogP contribution in [0.2, 0.25) is 0 Å². The van der Waals surface area contributed by atoms with Gasteiger partial charge in [-0.1, -0.05) is 38.8 Å². The van der Waals surface area contributed by atoms with Crippen molar-refractivity contribution in [3.05, 3.63) is 29.3 Å². The topological polar surface area (TPSA) is 45.7 Å². The maximum atomic E-state index is 5.54. The van der Waals surface area contributed by atoms with Gasteiger partial charge in [-0.15, -0.1) is 0 Å². The molecular weight excluding hydrogens is 274 g/mol. The van der Waals surface area contributed by atoms with Gasteiger partial charge in [-0.3, -0.25) is 4.99 Å². The van der Waals surface area contributed by atoms with Gasteiger partial charge in [0.2, 0.25) is 0 Å². The second-order valence-corrected chi connectivity index (χ2v) is 5.85. The zero-order chi connectivity index (χ0) is 15.8. The molecule has 0 atom stereocenters. The Morgan fingerprint density at radius 2 is 2.09 bits per heavy atom. The molecule has 0 fully saturated rings. The summed E-state index contributed by atoms with van der Waals surface area (Å²) in [6.07, 6.45) is 4.45. The Kier molecular flexibility index (Phi) is 6.56. The smallest absolute Gasteiger partial charge is 0.190 e. The van der Waals surface area contributed by atoms with Crippen LogP contribution in [0.25, 0.3) is 0 Å². The highest BCUT2D eigenvalue weighted by atomic mass is 16.5. The predicted molar refractivity (Wildman–Crippen MR) is 92.8 cm³/mol. The molecule has 2 N–H and O–H groups in total. The van der Waals surface area contributed by atoms with Crippen molar-refractivity contribution in [2.24, 2.45) is 10.9 Å². The van der Waals surface area contributed by atoms with E-state index in [4.69, 9.17) is 4.74 Å². The first-order valence-electron chi connectivity index (χ1n) is 8.45. The number of fused-ring (bicyclic) bond motifs is 1. The van der Waals surface area contributed by atoms with Crippen molar-refractivity contribution in [2.45, 2.75) is 39.5 Å². The number of ether oxygens (including phenoxy) is 1. The van der Waals surface area contributed by atoms with E-state index in [0.717, 1.165) is 50.2 Å². The van der Waals surface area contributed by atoms with Gasteiger partial charge in [-0.25, -0.2) is 0 Å². The third-order valence-electron chi connectivity index (χ3n) is 4.40. The van der Waals surface area contributed by atoms with Crippen molar-refractivity contribution in [2.75, 3.05) is 26.7 Å². The lowest BCUT2D eigenvalue weighted by Gasteiger charge is -2.16. The van der Waals surface area contributed by atoms with E-state index < -0.39 is 0 Å². The molecule has 1 aromatic rings. The summed E-state index contributed by atoms with van der Waals surface area (Å²) >= 11 is 0. The molecule has 4 nitrogen and oxygen atoms in total. The first-order chi connectivity index (χ1) is 10.8. The molecule has 0 saturated carbocycles. The molecule has 0 saturated heterocycles. The zero-order valence-electron chi connectivity index (χ0n) is 14.1. The Labute approximate surface area is 134 Å². The normalized spacial score (nSPS) is 13.9. The van der Waals surface area contributed by atoms with Crippen LogP contribution in [0.4, 0.5) is 0 Å². The Hall–Kier alpha value is -1.71. The zero-order valence-corrected chi connectivity index (χ0v) is 14.1. The lowest BCUT2D eigenvalue weighted by Crippen LogP contribution is -2.40. The van der Waals surface area contributed by atoms with Gasteiger partial charge >= 0.3 is 0 Å². The first kappa shape index (κ1) is 16.7. The maximum Gasteiger partial charge on any atom is 0.190 e. The SMILES string of the molecule is CCC(CC)CNC(=NC)NCCc1ccc2c(c1)CCO2. The molecule has 22 heavy (non-hydrogen) atoms. The van der Waals surface area contributed by atoms with Crippen molar-refractivity contribution in [1.29, 1.82) is 0 Å². The van der Waals surface area contributed by atoms with Crippen LogP contribution in [0.3, 0.4) is 0 Å². The van der Waals surface area contributed by atoms with Crippen molar-refractivity contribution in [3.63, 3.8) is 0 Å². The minimum Gasteiger partial charge on any atom is -0.493 e. The lowest BCUT2D eigenvalue weighted by molar-refractivity contribution is 0.357. The standard InChI is InChI=1S/C18H29N3O/c1-4-14(5-2)13-21-18(19-3)20-10-8-15-6-7-17-16(12-15)9-11-22-17/h6-7,12,14H,4-5,8-11,13H2,1-3H3,(H2,19,20,21). The largest absolute Gasteiger partial charge is 0.493 e. The second kappa shape index (κ2) is 8.66. The van der Waals surface area contributed by atoms with Gasteiger partial charge in [0.15, 0.2) is 5.96 Å². The van der Waals surface area contributed by atoms with Crippen LogP contribution < -0.4 is 15.4 Å². The van der Waals surface area contributed by atoms with E-state index in [9.17, 15) is 0 Å². The van der Waals surface area contributed by atoms with Crippen molar-refractivity contribution in [3.8, 4) is 5.75 Å². The summed E-state index contributed by atoms with van der Waals surface area (Å²) < 4.78 is 5.54. The second-order valence-electron chi connectivity index (χ2n) is 5.85. The van der Waals surface area contributed by atoms with Gasteiger partial charge in [0, 0.05) is 26.6 Å². The van der Waals surface area contributed by atoms with E-state index >= 15 is 0 Å². The molecule has 0 amide bonds. The molecule has 1 aliphatic heterocycles. The summed E-state index contributed by atoms with van der Waals surface area (Å²) in [6.45, 7) is 7.18.